The van der Waals surface area contributed by atoms with Gasteiger partial charge in [-0.1, -0.05) is 122 Å². The number of allylic oxidation sites excluding steroid dienone is 1. The monoisotopic (exact) mass is 490 g/mol. The molecule has 27 heavy (non-hydrogen) atoms. The molecule has 2 aromatic carbocycles. The Balaban J connectivity index is 2.63. The van der Waals surface area contributed by atoms with Gasteiger partial charge in [0.2, 0.25) is 0 Å². The molecule has 0 radical (unpaired) electrons. The summed E-state index contributed by atoms with van der Waals surface area (Å²) in [5, 5.41) is 2.69. The molecule has 0 heterocycles. The first-order valence-corrected chi connectivity index (χ1v) is 12.8. The highest BCUT2D eigenvalue weighted by Gasteiger charge is 2.51. The van der Waals surface area contributed by atoms with Crippen LogP contribution in [0, 0.1) is 0 Å². The molecule has 0 amide bonds. The predicted octanol–water partition coefficient (Wildman–Crippen LogP) is 6.24. The second-order valence-electron chi connectivity index (χ2n) is 7.81. The second kappa shape index (κ2) is 10.4. The van der Waals surface area contributed by atoms with Gasteiger partial charge in [-0.15, -0.1) is 0 Å². The summed E-state index contributed by atoms with van der Waals surface area (Å²) in [6.45, 7) is 9.08. The number of halogens is 1. The van der Waals surface area contributed by atoms with Crippen molar-refractivity contribution in [3.05, 3.63) is 83.0 Å². The van der Waals surface area contributed by atoms with E-state index in [-0.39, 0.29) is 11.1 Å². The fraction of sp³-hybridized carbons (Fsp3) is 0.333. The molecule has 2 aromatic rings. The maximum absolute atomic E-state index is 7.21. The van der Waals surface area contributed by atoms with Gasteiger partial charge < -0.3 is 4.43 Å². The van der Waals surface area contributed by atoms with E-state index < -0.39 is 8.32 Å². The van der Waals surface area contributed by atoms with Gasteiger partial charge in [-0.25, -0.2) is 0 Å². The highest BCUT2D eigenvalue weighted by molar-refractivity contribution is 14.1. The van der Waals surface area contributed by atoms with Crippen LogP contribution in [0.4, 0.5) is 0 Å². The zero-order valence-electron chi connectivity index (χ0n) is 16.9. The van der Waals surface area contributed by atoms with Crippen molar-refractivity contribution in [3.63, 3.8) is 0 Å². The summed E-state index contributed by atoms with van der Waals surface area (Å²) in [5.41, 5.74) is 0. The summed E-state index contributed by atoms with van der Waals surface area (Å²) >= 11 is 2.29. The minimum Gasteiger partial charge on any atom is -0.404 e. The molecular formula is C24H31IOSi. The van der Waals surface area contributed by atoms with E-state index in [0.29, 0.717) is 0 Å². The van der Waals surface area contributed by atoms with Crippen LogP contribution in [-0.2, 0) is 4.43 Å². The third kappa shape index (κ3) is 5.43. The number of hydrogen-bond donors (Lipinski definition) is 0. The van der Waals surface area contributed by atoms with Gasteiger partial charge in [-0.2, -0.15) is 0 Å². The second-order valence-corrected chi connectivity index (χ2v) is 12.8. The highest BCUT2D eigenvalue weighted by Crippen LogP contribution is 2.38. The lowest BCUT2D eigenvalue weighted by Crippen LogP contribution is -2.67. The molecule has 0 aliphatic heterocycles. The van der Waals surface area contributed by atoms with Gasteiger partial charge >= 0.3 is 0 Å². The van der Waals surface area contributed by atoms with Gasteiger partial charge in [0.15, 0.2) is 0 Å². The van der Waals surface area contributed by atoms with E-state index >= 15 is 0 Å². The van der Waals surface area contributed by atoms with Crippen molar-refractivity contribution in [2.24, 2.45) is 0 Å². The predicted molar refractivity (Wildman–Crippen MR) is 130 cm³/mol. The maximum atomic E-state index is 7.21. The van der Waals surface area contributed by atoms with Crippen LogP contribution in [0.1, 0.15) is 40.5 Å². The Kier molecular flexibility index (Phi) is 8.51. The van der Waals surface area contributed by atoms with Crippen LogP contribution in [0.15, 0.2) is 83.0 Å². The minimum atomic E-state index is -2.48. The Labute approximate surface area is 179 Å². The lowest BCUT2D eigenvalue weighted by molar-refractivity contribution is 0.193. The quantitative estimate of drug-likeness (QED) is 0.242. The minimum absolute atomic E-state index is 0.0118. The molecule has 0 N–H and O–H groups in total. The van der Waals surface area contributed by atoms with E-state index in [1.54, 1.807) is 0 Å². The molecule has 0 saturated carbocycles. The SMILES string of the molecule is C/C=C\C[C@H](C/C=C\I)O[Si](c1ccccc1)(c1ccccc1)C(C)(C)C. The average molecular weight is 491 g/mol. The van der Waals surface area contributed by atoms with E-state index in [0.717, 1.165) is 12.8 Å². The van der Waals surface area contributed by atoms with Crippen LogP contribution in [0.3, 0.4) is 0 Å². The van der Waals surface area contributed by atoms with Crippen molar-refractivity contribution >= 4 is 41.3 Å². The highest BCUT2D eigenvalue weighted by atomic mass is 127. The third-order valence-electron chi connectivity index (χ3n) is 4.88. The third-order valence-corrected chi connectivity index (χ3v) is 10.5. The Bertz CT molecular complexity index is 678. The van der Waals surface area contributed by atoms with Crippen LogP contribution in [-0.4, -0.2) is 14.4 Å². The molecule has 0 aliphatic rings. The molecule has 0 spiro atoms. The van der Waals surface area contributed by atoms with Crippen molar-refractivity contribution in [2.45, 2.75) is 51.7 Å². The van der Waals surface area contributed by atoms with Crippen LogP contribution in [0.5, 0.6) is 0 Å². The van der Waals surface area contributed by atoms with Crippen molar-refractivity contribution in [3.8, 4) is 0 Å². The zero-order valence-corrected chi connectivity index (χ0v) is 20.0. The van der Waals surface area contributed by atoms with E-state index in [1.165, 1.54) is 10.4 Å². The van der Waals surface area contributed by atoms with Crippen molar-refractivity contribution < 1.29 is 4.43 Å². The smallest absolute Gasteiger partial charge is 0.261 e. The lowest BCUT2D eigenvalue weighted by Gasteiger charge is -2.45. The average Bonchev–Trinajstić information content (AvgIpc) is 2.68. The van der Waals surface area contributed by atoms with Gasteiger partial charge in [-0.05, 0) is 39.3 Å². The van der Waals surface area contributed by atoms with Crippen LogP contribution in [0.2, 0.25) is 5.04 Å². The number of benzene rings is 2. The van der Waals surface area contributed by atoms with Gasteiger partial charge in [0.1, 0.15) is 0 Å². The fourth-order valence-electron chi connectivity index (χ4n) is 3.62. The topological polar surface area (TPSA) is 9.23 Å². The molecule has 0 bridgehead atoms. The van der Waals surface area contributed by atoms with Crippen LogP contribution >= 0.6 is 22.6 Å². The molecule has 0 aromatic heterocycles. The van der Waals surface area contributed by atoms with Gasteiger partial charge in [-0.3, -0.25) is 0 Å². The standard InChI is InChI=1S/C24H31IOSi/c1-5-6-14-21(15-13-20-25)26-27(24(2,3)4,22-16-9-7-10-17-22)23-18-11-8-12-19-23/h5-13,16-21H,14-15H2,1-4H3/b6-5-,20-13-/t21-/m1/s1. The molecule has 0 unspecified atom stereocenters. The van der Waals surface area contributed by atoms with Crippen LogP contribution in [0.25, 0.3) is 0 Å². The normalized spacial score (nSPS) is 14.1. The summed E-state index contributed by atoms with van der Waals surface area (Å²) in [4.78, 5) is 0. The molecule has 0 saturated heterocycles. The van der Waals surface area contributed by atoms with Crippen molar-refractivity contribution in [1.29, 1.82) is 0 Å². The Hall–Kier alpha value is -1.17. The van der Waals surface area contributed by atoms with Gasteiger partial charge in [0.05, 0.1) is 6.10 Å². The maximum Gasteiger partial charge on any atom is 0.261 e. The first-order valence-electron chi connectivity index (χ1n) is 9.61. The van der Waals surface area contributed by atoms with Gasteiger partial charge in [0.25, 0.3) is 8.32 Å². The van der Waals surface area contributed by atoms with E-state index in [9.17, 15) is 0 Å². The molecule has 0 aliphatic carbocycles. The van der Waals surface area contributed by atoms with E-state index in [1.807, 2.05) is 0 Å². The van der Waals surface area contributed by atoms with Crippen LogP contribution < -0.4 is 10.4 Å². The molecular weight excluding hydrogens is 459 g/mol. The molecule has 2 rings (SSSR count). The summed E-state index contributed by atoms with van der Waals surface area (Å²) in [6.07, 6.45) is 8.59. The first kappa shape index (κ1) is 22.1. The Morgan fingerprint density at radius 2 is 1.37 bits per heavy atom. The summed E-state index contributed by atoms with van der Waals surface area (Å²) < 4.78 is 9.30. The number of rotatable bonds is 8. The molecule has 0 fully saturated rings. The fourth-order valence-corrected chi connectivity index (χ4v) is 8.63. The largest absolute Gasteiger partial charge is 0.404 e. The van der Waals surface area contributed by atoms with Gasteiger partial charge in [0, 0.05) is 0 Å². The lowest BCUT2D eigenvalue weighted by atomic mass is 10.2. The molecule has 3 heteroatoms. The number of hydrogen-bond acceptors (Lipinski definition) is 1. The molecule has 144 valence electrons. The van der Waals surface area contributed by atoms with E-state index in [4.69, 9.17) is 4.43 Å². The zero-order chi connectivity index (χ0) is 19.8. The molecule has 1 atom stereocenters. The summed E-state index contributed by atoms with van der Waals surface area (Å²) in [5.74, 6) is 0. The summed E-state index contributed by atoms with van der Waals surface area (Å²) in [6, 6.07) is 21.8. The first-order chi connectivity index (χ1) is 13.0. The molecule has 1 nitrogen and oxygen atoms in total. The van der Waals surface area contributed by atoms with E-state index in [2.05, 4.69) is 133 Å². The summed E-state index contributed by atoms with van der Waals surface area (Å²) in [7, 11) is -2.48. The Morgan fingerprint density at radius 3 is 1.78 bits per heavy atom. The Morgan fingerprint density at radius 1 is 0.889 bits per heavy atom. The van der Waals surface area contributed by atoms with Crippen molar-refractivity contribution in [2.75, 3.05) is 0 Å². The van der Waals surface area contributed by atoms with Crippen molar-refractivity contribution in [1.82, 2.24) is 0 Å².